The minimum absolute atomic E-state index is 0.600. The number of rotatable bonds is 21. The first-order chi connectivity index (χ1) is 17.3. The second kappa shape index (κ2) is 19.9. The van der Waals surface area contributed by atoms with Crippen LogP contribution in [0.2, 0.25) is 0 Å². The first-order valence-corrected chi connectivity index (χ1v) is 13.7. The Morgan fingerprint density at radius 1 is 0.629 bits per heavy atom. The van der Waals surface area contributed by atoms with E-state index < -0.39 is 0 Å². The Hall–Kier alpha value is -2.40. The van der Waals surface area contributed by atoms with Gasteiger partial charge in [0.2, 0.25) is 0 Å². The Balaban J connectivity index is 1.58. The molecule has 0 atom stereocenters. The SMILES string of the molecule is CCCCCCCCC/C=C/COc1ccc(-c2ncc(OCCCCOCCCC)cn2)cc1. The van der Waals surface area contributed by atoms with E-state index in [4.69, 9.17) is 14.2 Å². The number of benzene rings is 1. The summed E-state index contributed by atoms with van der Waals surface area (Å²) in [5.74, 6) is 2.24. The summed E-state index contributed by atoms with van der Waals surface area (Å²) in [6.45, 7) is 7.35. The van der Waals surface area contributed by atoms with E-state index in [1.165, 1.54) is 51.4 Å². The number of aromatic nitrogens is 2. The molecule has 0 aliphatic rings. The van der Waals surface area contributed by atoms with E-state index >= 15 is 0 Å². The Kier molecular flexibility index (Phi) is 16.4. The van der Waals surface area contributed by atoms with E-state index in [0.29, 0.717) is 24.8 Å². The molecule has 35 heavy (non-hydrogen) atoms. The van der Waals surface area contributed by atoms with Gasteiger partial charge in [-0.15, -0.1) is 0 Å². The molecule has 5 nitrogen and oxygen atoms in total. The van der Waals surface area contributed by atoms with Gasteiger partial charge in [0.25, 0.3) is 0 Å². The van der Waals surface area contributed by atoms with Crippen LogP contribution in [0, 0.1) is 0 Å². The molecule has 5 heteroatoms. The van der Waals surface area contributed by atoms with E-state index in [-0.39, 0.29) is 0 Å². The highest BCUT2D eigenvalue weighted by atomic mass is 16.5. The minimum Gasteiger partial charge on any atom is -0.490 e. The van der Waals surface area contributed by atoms with Crippen molar-refractivity contribution in [1.82, 2.24) is 9.97 Å². The van der Waals surface area contributed by atoms with Crippen molar-refractivity contribution in [1.29, 1.82) is 0 Å². The molecule has 0 aliphatic carbocycles. The zero-order chi connectivity index (χ0) is 24.8. The third-order valence-electron chi connectivity index (χ3n) is 5.82. The zero-order valence-corrected chi connectivity index (χ0v) is 22.1. The lowest BCUT2D eigenvalue weighted by molar-refractivity contribution is 0.123. The highest BCUT2D eigenvalue weighted by Crippen LogP contribution is 2.20. The number of allylic oxidation sites excluding steroid dienone is 1. The predicted octanol–water partition coefficient (Wildman–Crippen LogP) is 8.20. The molecule has 0 bridgehead atoms. The molecule has 2 rings (SSSR count). The van der Waals surface area contributed by atoms with Gasteiger partial charge < -0.3 is 14.2 Å². The fraction of sp³-hybridized carbons (Fsp3) is 0.600. The quantitative estimate of drug-likeness (QED) is 0.133. The fourth-order valence-corrected chi connectivity index (χ4v) is 3.63. The van der Waals surface area contributed by atoms with Gasteiger partial charge in [-0.25, -0.2) is 9.97 Å². The van der Waals surface area contributed by atoms with Crippen LogP contribution in [0.15, 0.2) is 48.8 Å². The maximum Gasteiger partial charge on any atom is 0.159 e. The smallest absolute Gasteiger partial charge is 0.159 e. The van der Waals surface area contributed by atoms with Crippen LogP contribution in [0.5, 0.6) is 11.5 Å². The number of unbranched alkanes of at least 4 members (excludes halogenated alkanes) is 9. The van der Waals surface area contributed by atoms with Crippen molar-refractivity contribution < 1.29 is 14.2 Å². The molecular weight excluding hydrogens is 436 g/mol. The van der Waals surface area contributed by atoms with Crippen molar-refractivity contribution in [2.45, 2.75) is 90.9 Å². The Bertz CT molecular complexity index is 775. The molecule has 0 saturated heterocycles. The zero-order valence-electron chi connectivity index (χ0n) is 22.1. The molecule has 2 aromatic rings. The van der Waals surface area contributed by atoms with Crippen LogP contribution in [-0.4, -0.2) is 36.4 Å². The summed E-state index contributed by atoms with van der Waals surface area (Å²) in [5.41, 5.74) is 0.961. The lowest BCUT2D eigenvalue weighted by Crippen LogP contribution is -2.02. The van der Waals surface area contributed by atoms with Crippen molar-refractivity contribution in [2.75, 3.05) is 26.4 Å². The third-order valence-corrected chi connectivity index (χ3v) is 5.82. The highest BCUT2D eigenvalue weighted by Gasteiger charge is 2.03. The van der Waals surface area contributed by atoms with Crippen LogP contribution in [0.3, 0.4) is 0 Å². The van der Waals surface area contributed by atoms with Crippen molar-refractivity contribution in [2.24, 2.45) is 0 Å². The monoisotopic (exact) mass is 482 g/mol. The first kappa shape index (κ1) is 28.8. The fourth-order valence-electron chi connectivity index (χ4n) is 3.63. The molecule has 0 radical (unpaired) electrons. The van der Waals surface area contributed by atoms with E-state index in [9.17, 15) is 0 Å². The first-order valence-electron chi connectivity index (χ1n) is 13.7. The van der Waals surface area contributed by atoms with Crippen molar-refractivity contribution >= 4 is 0 Å². The van der Waals surface area contributed by atoms with Gasteiger partial charge in [-0.3, -0.25) is 0 Å². The largest absolute Gasteiger partial charge is 0.490 e. The molecule has 0 saturated carbocycles. The Morgan fingerprint density at radius 3 is 2.03 bits per heavy atom. The molecule has 1 aromatic heterocycles. The second-order valence-corrected chi connectivity index (χ2v) is 8.98. The van der Waals surface area contributed by atoms with Gasteiger partial charge in [0, 0.05) is 18.8 Å². The molecule has 0 unspecified atom stereocenters. The second-order valence-electron chi connectivity index (χ2n) is 8.98. The van der Waals surface area contributed by atoms with Gasteiger partial charge in [0.05, 0.1) is 19.0 Å². The molecule has 0 N–H and O–H groups in total. The summed E-state index contributed by atoms with van der Waals surface area (Å²) in [7, 11) is 0. The van der Waals surface area contributed by atoms with Crippen LogP contribution in [-0.2, 0) is 4.74 Å². The molecule has 0 spiro atoms. The van der Waals surface area contributed by atoms with Gasteiger partial charge in [0.1, 0.15) is 12.4 Å². The summed E-state index contributed by atoms with van der Waals surface area (Å²) in [6, 6.07) is 7.92. The van der Waals surface area contributed by atoms with Crippen LogP contribution in [0.4, 0.5) is 0 Å². The van der Waals surface area contributed by atoms with Crippen LogP contribution < -0.4 is 9.47 Å². The number of hydrogen-bond donors (Lipinski definition) is 0. The highest BCUT2D eigenvalue weighted by molar-refractivity contribution is 5.56. The number of hydrogen-bond acceptors (Lipinski definition) is 5. The van der Waals surface area contributed by atoms with E-state index in [0.717, 1.165) is 50.2 Å². The lowest BCUT2D eigenvalue weighted by atomic mass is 10.1. The van der Waals surface area contributed by atoms with E-state index in [1.54, 1.807) is 12.4 Å². The van der Waals surface area contributed by atoms with Gasteiger partial charge in [-0.2, -0.15) is 0 Å². The minimum atomic E-state index is 0.600. The summed E-state index contributed by atoms with van der Waals surface area (Å²) in [4.78, 5) is 8.89. The topological polar surface area (TPSA) is 53.5 Å². The average molecular weight is 483 g/mol. The lowest BCUT2D eigenvalue weighted by Gasteiger charge is -2.07. The Morgan fingerprint density at radius 2 is 1.29 bits per heavy atom. The Labute approximate surface area is 213 Å². The van der Waals surface area contributed by atoms with Crippen LogP contribution in [0.1, 0.15) is 90.9 Å². The summed E-state index contributed by atoms with van der Waals surface area (Å²) in [6.07, 6.45) is 22.7. The molecule has 0 amide bonds. The van der Waals surface area contributed by atoms with Crippen molar-refractivity contribution in [3.63, 3.8) is 0 Å². The summed E-state index contributed by atoms with van der Waals surface area (Å²) >= 11 is 0. The molecule has 0 fully saturated rings. The van der Waals surface area contributed by atoms with Gasteiger partial charge in [0.15, 0.2) is 11.6 Å². The van der Waals surface area contributed by atoms with Gasteiger partial charge >= 0.3 is 0 Å². The van der Waals surface area contributed by atoms with Crippen molar-refractivity contribution in [3.8, 4) is 22.9 Å². The van der Waals surface area contributed by atoms with Gasteiger partial charge in [-0.05, 0) is 56.4 Å². The molecule has 1 heterocycles. The number of nitrogens with zero attached hydrogens (tertiary/aromatic N) is 2. The average Bonchev–Trinajstić information content (AvgIpc) is 2.89. The molecular formula is C30H46N2O3. The van der Waals surface area contributed by atoms with Crippen LogP contribution >= 0.6 is 0 Å². The summed E-state index contributed by atoms with van der Waals surface area (Å²) in [5, 5.41) is 0. The molecule has 1 aromatic carbocycles. The van der Waals surface area contributed by atoms with Crippen molar-refractivity contribution in [3.05, 3.63) is 48.8 Å². The predicted molar refractivity (Wildman–Crippen MR) is 145 cm³/mol. The third kappa shape index (κ3) is 13.9. The summed E-state index contributed by atoms with van der Waals surface area (Å²) < 4.78 is 17.1. The van der Waals surface area contributed by atoms with E-state index in [1.807, 2.05) is 24.3 Å². The van der Waals surface area contributed by atoms with Gasteiger partial charge in [-0.1, -0.05) is 70.9 Å². The molecule has 194 valence electrons. The maximum atomic E-state index is 5.82. The standard InChI is InChI=1S/C30H46N2O3/c1-3-5-7-8-9-10-11-12-13-14-23-34-28-19-17-27(18-20-28)30-31-25-29(26-32-30)35-24-16-15-22-33-21-6-4-2/h13-14,17-20,25-26H,3-12,15-16,21-24H2,1-2H3/b14-13+. The maximum absolute atomic E-state index is 5.82. The van der Waals surface area contributed by atoms with Crippen LogP contribution in [0.25, 0.3) is 11.4 Å². The normalized spacial score (nSPS) is 11.3. The van der Waals surface area contributed by atoms with E-state index in [2.05, 4.69) is 36.0 Å². The number of ether oxygens (including phenoxy) is 3. The molecule has 0 aliphatic heterocycles.